The van der Waals surface area contributed by atoms with Crippen LogP contribution in [0.3, 0.4) is 0 Å². The topological polar surface area (TPSA) is 56.8 Å². The summed E-state index contributed by atoms with van der Waals surface area (Å²) in [6, 6.07) is 5.17. The summed E-state index contributed by atoms with van der Waals surface area (Å²) in [7, 11) is 1.62. The smallest absolute Gasteiger partial charge is 0.256 e. The number of benzene rings is 1. The minimum Gasteiger partial charge on any atom is -0.487 e. The summed E-state index contributed by atoms with van der Waals surface area (Å²) in [5, 5.41) is 3.30. The third kappa shape index (κ3) is 5.96. The summed E-state index contributed by atoms with van der Waals surface area (Å²) < 4.78 is 16.4. The predicted molar refractivity (Wildman–Crippen MR) is 97.0 cm³/mol. The van der Waals surface area contributed by atoms with Gasteiger partial charge in [0.15, 0.2) is 0 Å². The van der Waals surface area contributed by atoms with Gasteiger partial charge in [-0.25, -0.2) is 0 Å². The molecule has 0 aliphatic heterocycles. The van der Waals surface area contributed by atoms with E-state index in [4.69, 9.17) is 25.8 Å². The summed E-state index contributed by atoms with van der Waals surface area (Å²) >= 11 is 6.25. The molecule has 1 aromatic rings. The van der Waals surface area contributed by atoms with Crippen LogP contribution in [0.5, 0.6) is 5.75 Å². The molecule has 1 aromatic carbocycles. The van der Waals surface area contributed by atoms with Crippen molar-refractivity contribution in [3.8, 4) is 5.75 Å². The van der Waals surface area contributed by atoms with Gasteiger partial charge in [0.05, 0.1) is 11.6 Å². The highest BCUT2D eigenvalue weighted by atomic mass is 35.5. The average molecular weight is 358 g/mol. The van der Waals surface area contributed by atoms with Crippen LogP contribution in [0, 0.1) is 0 Å². The maximum atomic E-state index is 12.5. The van der Waals surface area contributed by atoms with Gasteiger partial charge in [-0.3, -0.25) is 4.79 Å². The second-order valence-electron chi connectivity index (χ2n) is 5.90. The Balaban J connectivity index is 2.81. The fraction of sp³-hybridized carbons (Fsp3) is 0.611. The van der Waals surface area contributed by atoms with Crippen molar-refractivity contribution in [2.75, 3.05) is 25.6 Å². The molecule has 0 fully saturated rings. The predicted octanol–water partition coefficient (Wildman–Crippen LogP) is 4.29. The molecule has 0 heterocycles. The van der Waals surface area contributed by atoms with Crippen LogP contribution in [0.2, 0.25) is 5.02 Å². The van der Waals surface area contributed by atoms with Crippen LogP contribution in [-0.2, 0) is 14.3 Å². The van der Waals surface area contributed by atoms with E-state index in [0.29, 0.717) is 36.1 Å². The fourth-order valence-electron chi connectivity index (χ4n) is 2.47. The molecule has 1 rings (SSSR count). The average Bonchev–Trinajstić information content (AvgIpc) is 2.50. The normalized spacial score (nSPS) is 14.8. The van der Waals surface area contributed by atoms with Gasteiger partial charge in [0.2, 0.25) is 0 Å². The summed E-state index contributed by atoms with van der Waals surface area (Å²) in [5.41, 5.74) is -0.239. The first-order chi connectivity index (χ1) is 11.4. The van der Waals surface area contributed by atoms with Crippen LogP contribution >= 0.6 is 11.6 Å². The molecular formula is C18H28ClNO4. The number of ether oxygens (including phenoxy) is 3. The van der Waals surface area contributed by atoms with Crippen molar-refractivity contribution >= 4 is 23.2 Å². The number of hydrogen-bond donors (Lipinski definition) is 1. The molecule has 6 heteroatoms. The highest BCUT2D eigenvalue weighted by molar-refractivity contribution is 6.32. The van der Waals surface area contributed by atoms with Gasteiger partial charge in [0, 0.05) is 19.4 Å². The Bertz CT molecular complexity index is 530. The van der Waals surface area contributed by atoms with Gasteiger partial charge in [-0.2, -0.15) is 0 Å². The minimum absolute atomic E-state index is 0.112. The largest absolute Gasteiger partial charge is 0.487 e. The number of nitrogens with one attached hydrogen (secondary N) is 1. The van der Waals surface area contributed by atoms with Gasteiger partial charge in [0.1, 0.15) is 17.5 Å². The van der Waals surface area contributed by atoms with Gasteiger partial charge in [-0.1, -0.05) is 24.9 Å². The molecule has 0 saturated carbocycles. The maximum Gasteiger partial charge on any atom is 0.256 e. The Kier molecular flexibility index (Phi) is 8.53. The fourth-order valence-corrected chi connectivity index (χ4v) is 2.69. The molecule has 136 valence electrons. The first kappa shape index (κ1) is 20.7. The molecule has 0 saturated heterocycles. The summed E-state index contributed by atoms with van der Waals surface area (Å²) in [4.78, 5) is 12.5. The van der Waals surface area contributed by atoms with E-state index >= 15 is 0 Å². The van der Waals surface area contributed by atoms with Crippen molar-refractivity contribution in [3.05, 3.63) is 23.2 Å². The lowest BCUT2D eigenvalue weighted by Gasteiger charge is -2.28. The lowest BCUT2D eigenvalue weighted by Crippen LogP contribution is -2.42. The Morgan fingerprint density at radius 1 is 1.38 bits per heavy atom. The molecule has 0 radical (unpaired) electrons. The Labute approximate surface area is 149 Å². The Hall–Kier alpha value is -1.30. The number of anilines is 1. The molecular weight excluding hydrogens is 330 g/mol. The van der Waals surface area contributed by atoms with E-state index in [9.17, 15) is 4.79 Å². The first-order valence-corrected chi connectivity index (χ1v) is 8.64. The Morgan fingerprint density at radius 3 is 2.62 bits per heavy atom. The van der Waals surface area contributed by atoms with E-state index in [2.05, 4.69) is 5.32 Å². The Morgan fingerprint density at radius 2 is 2.08 bits per heavy atom. The standard InChI is InChI=1S/C18H28ClNO4/c1-6-10-18(4,23-7-2)17(21)20-14-8-9-16(15(19)11-14)24-13(3)12-22-5/h8-9,11,13H,6-7,10,12H2,1-5H3,(H,20,21)/t13-,18+/m0/s1. The quantitative estimate of drug-likeness (QED) is 0.678. The van der Waals surface area contributed by atoms with Crippen molar-refractivity contribution in [2.24, 2.45) is 0 Å². The molecule has 1 amide bonds. The van der Waals surface area contributed by atoms with Gasteiger partial charge in [-0.15, -0.1) is 0 Å². The molecule has 0 bridgehead atoms. The summed E-state index contributed by atoms with van der Waals surface area (Å²) in [6.45, 7) is 8.56. The zero-order chi connectivity index (χ0) is 18.2. The van der Waals surface area contributed by atoms with E-state index in [0.717, 1.165) is 6.42 Å². The second-order valence-corrected chi connectivity index (χ2v) is 6.30. The summed E-state index contributed by atoms with van der Waals surface area (Å²) in [6.07, 6.45) is 1.39. The second kappa shape index (κ2) is 9.87. The van der Waals surface area contributed by atoms with Gasteiger partial charge in [-0.05, 0) is 45.4 Å². The molecule has 0 spiro atoms. The van der Waals surface area contributed by atoms with E-state index in [1.807, 2.05) is 20.8 Å². The van der Waals surface area contributed by atoms with Gasteiger partial charge >= 0.3 is 0 Å². The molecule has 0 aliphatic carbocycles. The zero-order valence-corrected chi connectivity index (χ0v) is 15.9. The molecule has 24 heavy (non-hydrogen) atoms. The van der Waals surface area contributed by atoms with E-state index in [-0.39, 0.29) is 12.0 Å². The van der Waals surface area contributed by atoms with E-state index < -0.39 is 5.60 Å². The number of carbonyl (C=O) groups is 1. The molecule has 0 aliphatic rings. The van der Waals surface area contributed by atoms with Crippen LogP contribution in [0.15, 0.2) is 18.2 Å². The highest BCUT2D eigenvalue weighted by Gasteiger charge is 2.33. The lowest BCUT2D eigenvalue weighted by molar-refractivity contribution is -0.139. The van der Waals surface area contributed by atoms with Crippen LogP contribution < -0.4 is 10.1 Å². The molecule has 5 nitrogen and oxygen atoms in total. The van der Waals surface area contributed by atoms with Crippen molar-refractivity contribution in [2.45, 2.75) is 52.2 Å². The molecule has 0 aromatic heterocycles. The number of hydrogen-bond acceptors (Lipinski definition) is 4. The van der Waals surface area contributed by atoms with Crippen LogP contribution in [0.1, 0.15) is 40.5 Å². The van der Waals surface area contributed by atoms with Crippen LogP contribution in [-0.4, -0.2) is 37.9 Å². The SMILES string of the molecule is CCC[C@@](C)(OCC)C(=O)Nc1ccc(O[C@@H](C)COC)c(Cl)c1. The highest BCUT2D eigenvalue weighted by Crippen LogP contribution is 2.29. The van der Waals surface area contributed by atoms with Crippen molar-refractivity contribution in [1.29, 1.82) is 0 Å². The van der Waals surface area contributed by atoms with Gasteiger partial charge in [0.25, 0.3) is 5.91 Å². The van der Waals surface area contributed by atoms with Crippen molar-refractivity contribution in [1.82, 2.24) is 0 Å². The van der Waals surface area contributed by atoms with Crippen LogP contribution in [0.4, 0.5) is 5.69 Å². The van der Waals surface area contributed by atoms with Crippen molar-refractivity contribution < 1.29 is 19.0 Å². The van der Waals surface area contributed by atoms with E-state index in [1.54, 1.807) is 32.2 Å². The van der Waals surface area contributed by atoms with Gasteiger partial charge < -0.3 is 19.5 Å². The molecule has 2 atom stereocenters. The maximum absolute atomic E-state index is 12.5. The number of carbonyl (C=O) groups excluding carboxylic acids is 1. The molecule has 1 N–H and O–H groups in total. The third-order valence-electron chi connectivity index (χ3n) is 3.59. The zero-order valence-electron chi connectivity index (χ0n) is 15.1. The first-order valence-electron chi connectivity index (χ1n) is 8.26. The number of halogens is 1. The van der Waals surface area contributed by atoms with Crippen LogP contribution in [0.25, 0.3) is 0 Å². The van der Waals surface area contributed by atoms with Crippen molar-refractivity contribution in [3.63, 3.8) is 0 Å². The third-order valence-corrected chi connectivity index (χ3v) is 3.88. The number of rotatable bonds is 10. The number of methoxy groups -OCH3 is 1. The lowest BCUT2D eigenvalue weighted by atomic mass is 9.99. The monoisotopic (exact) mass is 357 g/mol. The molecule has 0 unspecified atom stereocenters. The van der Waals surface area contributed by atoms with E-state index in [1.165, 1.54) is 0 Å². The minimum atomic E-state index is -0.849. The number of amides is 1. The summed E-state index contributed by atoms with van der Waals surface area (Å²) in [5.74, 6) is 0.379.